The molecule has 0 aromatic carbocycles. The van der Waals surface area contributed by atoms with Crippen molar-refractivity contribution in [2.24, 2.45) is 0 Å². The van der Waals surface area contributed by atoms with E-state index in [9.17, 15) is 4.79 Å². The summed E-state index contributed by atoms with van der Waals surface area (Å²) in [4.78, 5) is 17.8. The number of aryl methyl sites for hydroxylation is 1. The minimum atomic E-state index is -0.108. The van der Waals surface area contributed by atoms with Gasteiger partial charge in [-0.3, -0.25) is 9.69 Å². The van der Waals surface area contributed by atoms with E-state index >= 15 is 0 Å². The molecular formula is C15H15N3O2. The van der Waals surface area contributed by atoms with Crippen LogP contribution in [0, 0.1) is 6.92 Å². The van der Waals surface area contributed by atoms with Crippen molar-refractivity contribution in [3.05, 3.63) is 54.0 Å². The molecule has 0 saturated heterocycles. The maximum atomic E-state index is 11.9. The van der Waals surface area contributed by atoms with E-state index in [1.807, 2.05) is 31.3 Å². The molecule has 1 amide bonds. The molecule has 0 radical (unpaired) electrons. The molecule has 1 unspecified atom stereocenters. The third-order valence-corrected chi connectivity index (χ3v) is 3.34. The first kappa shape index (κ1) is 12.5. The molecule has 0 spiro atoms. The van der Waals surface area contributed by atoms with Gasteiger partial charge in [0.25, 0.3) is 5.91 Å². The summed E-state index contributed by atoms with van der Waals surface area (Å²) in [6, 6.07) is 2.00. The van der Waals surface area contributed by atoms with Crippen molar-refractivity contribution in [1.82, 2.24) is 15.2 Å². The molecule has 5 heteroatoms. The van der Waals surface area contributed by atoms with Crippen molar-refractivity contribution >= 4 is 11.5 Å². The highest BCUT2D eigenvalue weighted by Gasteiger charge is 2.24. The molecule has 0 bridgehead atoms. The fourth-order valence-corrected chi connectivity index (χ4v) is 2.31. The molecule has 1 atom stereocenters. The van der Waals surface area contributed by atoms with Gasteiger partial charge < -0.3 is 10.1 Å². The van der Waals surface area contributed by atoms with Crippen LogP contribution in [-0.4, -0.2) is 29.1 Å². The number of ether oxygens (including phenoxy) is 1. The number of fused-ring (bicyclic) bond motifs is 1. The number of hydrogen-bond donors (Lipinski definition) is 1. The molecule has 1 N–H and O–H groups in total. The van der Waals surface area contributed by atoms with Gasteiger partial charge >= 0.3 is 0 Å². The summed E-state index contributed by atoms with van der Waals surface area (Å²) in [6.07, 6.45) is 10.6. The SMILES string of the molecule is COc1ncc(C2=CN3C(=O)C=CNC3C=C2)cc1C. The van der Waals surface area contributed by atoms with Gasteiger partial charge in [0.1, 0.15) is 6.17 Å². The van der Waals surface area contributed by atoms with Crippen molar-refractivity contribution in [1.29, 1.82) is 0 Å². The lowest BCUT2D eigenvalue weighted by molar-refractivity contribution is -0.125. The van der Waals surface area contributed by atoms with Crippen molar-refractivity contribution in [3.8, 4) is 5.88 Å². The summed E-state index contributed by atoms with van der Waals surface area (Å²) in [5.74, 6) is 0.583. The number of carbonyl (C=O) groups excluding carboxylic acids is 1. The number of nitrogens with one attached hydrogen (secondary N) is 1. The molecule has 0 fully saturated rings. The van der Waals surface area contributed by atoms with Crippen LogP contribution in [0.1, 0.15) is 11.1 Å². The van der Waals surface area contributed by atoms with Crippen LogP contribution in [0.5, 0.6) is 5.88 Å². The van der Waals surface area contributed by atoms with Gasteiger partial charge in [-0.05, 0) is 24.6 Å². The van der Waals surface area contributed by atoms with Gasteiger partial charge in [-0.2, -0.15) is 0 Å². The Bertz CT molecular complexity index is 647. The second kappa shape index (κ2) is 4.85. The first-order valence-corrected chi connectivity index (χ1v) is 6.35. The van der Waals surface area contributed by atoms with E-state index in [2.05, 4.69) is 10.3 Å². The molecule has 1 aromatic heterocycles. The van der Waals surface area contributed by atoms with E-state index in [-0.39, 0.29) is 12.1 Å². The van der Waals surface area contributed by atoms with Crippen molar-refractivity contribution in [2.45, 2.75) is 13.1 Å². The zero-order chi connectivity index (χ0) is 14.1. The summed E-state index contributed by atoms with van der Waals surface area (Å²) in [7, 11) is 1.60. The highest BCUT2D eigenvalue weighted by Crippen LogP contribution is 2.25. The fraction of sp³-hybridized carbons (Fsp3) is 0.200. The monoisotopic (exact) mass is 269 g/mol. The molecule has 1 aromatic rings. The van der Waals surface area contributed by atoms with Crippen LogP contribution in [0.4, 0.5) is 0 Å². The molecule has 102 valence electrons. The van der Waals surface area contributed by atoms with Crippen LogP contribution in [0.15, 0.2) is 42.9 Å². The van der Waals surface area contributed by atoms with E-state index in [1.165, 1.54) is 6.08 Å². The largest absolute Gasteiger partial charge is 0.481 e. The summed E-state index contributed by atoms with van der Waals surface area (Å²) in [5, 5.41) is 3.11. The normalized spacial score (nSPS) is 20.3. The highest BCUT2D eigenvalue weighted by molar-refractivity contribution is 5.92. The number of aromatic nitrogens is 1. The van der Waals surface area contributed by atoms with Crippen LogP contribution in [-0.2, 0) is 4.79 Å². The number of pyridine rings is 1. The van der Waals surface area contributed by atoms with Gasteiger partial charge in [0, 0.05) is 35.8 Å². The quantitative estimate of drug-likeness (QED) is 0.885. The lowest BCUT2D eigenvalue weighted by Gasteiger charge is -2.32. The van der Waals surface area contributed by atoms with Crippen LogP contribution in [0.2, 0.25) is 0 Å². The Morgan fingerprint density at radius 1 is 1.40 bits per heavy atom. The van der Waals surface area contributed by atoms with Crippen molar-refractivity contribution in [2.75, 3.05) is 7.11 Å². The zero-order valence-electron chi connectivity index (χ0n) is 11.3. The second-order valence-corrected chi connectivity index (χ2v) is 4.68. The summed E-state index contributed by atoms with van der Waals surface area (Å²) in [6.45, 7) is 1.95. The topological polar surface area (TPSA) is 54.5 Å². The smallest absolute Gasteiger partial charge is 0.253 e. The molecule has 5 nitrogen and oxygen atoms in total. The number of rotatable bonds is 2. The highest BCUT2D eigenvalue weighted by atomic mass is 16.5. The maximum absolute atomic E-state index is 11.9. The number of methoxy groups -OCH3 is 1. The second-order valence-electron chi connectivity index (χ2n) is 4.68. The van der Waals surface area contributed by atoms with Crippen LogP contribution < -0.4 is 10.1 Å². The molecule has 2 aliphatic heterocycles. The molecule has 0 aliphatic carbocycles. The Labute approximate surface area is 117 Å². The van der Waals surface area contributed by atoms with Crippen LogP contribution in [0.25, 0.3) is 5.57 Å². The van der Waals surface area contributed by atoms with E-state index in [1.54, 1.807) is 24.4 Å². The Hall–Kier alpha value is -2.56. The number of hydrogen-bond acceptors (Lipinski definition) is 4. The number of amides is 1. The third-order valence-electron chi connectivity index (χ3n) is 3.34. The van der Waals surface area contributed by atoms with Crippen LogP contribution >= 0.6 is 0 Å². The Morgan fingerprint density at radius 2 is 2.25 bits per heavy atom. The molecule has 0 saturated carbocycles. The van der Waals surface area contributed by atoms with Gasteiger partial charge in [-0.1, -0.05) is 6.08 Å². The van der Waals surface area contributed by atoms with Gasteiger partial charge in [0.2, 0.25) is 5.88 Å². The van der Waals surface area contributed by atoms with Gasteiger partial charge in [-0.25, -0.2) is 4.98 Å². The van der Waals surface area contributed by atoms with Gasteiger partial charge in [0.15, 0.2) is 0 Å². The average Bonchev–Trinajstić information content (AvgIpc) is 2.47. The summed E-state index contributed by atoms with van der Waals surface area (Å²) < 4.78 is 5.16. The standard InChI is InChI=1S/C15H15N3O2/c1-10-7-12(8-17-15(10)20-2)11-3-4-13-16-6-5-14(19)18(13)9-11/h3-9,13,16H,1-2H3. The van der Waals surface area contributed by atoms with Gasteiger partial charge in [-0.15, -0.1) is 0 Å². The van der Waals surface area contributed by atoms with E-state index in [4.69, 9.17) is 4.74 Å². The van der Waals surface area contributed by atoms with Crippen LogP contribution in [0.3, 0.4) is 0 Å². The Kier molecular flexibility index (Phi) is 3.02. The molecular weight excluding hydrogens is 254 g/mol. The Balaban J connectivity index is 1.95. The first-order chi connectivity index (χ1) is 9.69. The fourth-order valence-electron chi connectivity index (χ4n) is 2.31. The Morgan fingerprint density at radius 3 is 3.00 bits per heavy atom. The van der Waals surface area contributed by atoms with Crippen molar-refractivity contribution < 1.29 is 9.53 Å². The van der Waals surface area contributed by atoms with Crippen molar-refractivity contribution in [3.63, 3.8) is 0 Å². The van der Waals surface area contributed by atoms with Gasteiger partial charge in [0.05, 0.1) is 7.11 Å². The third kappa shape index (κ3) is 2.07. The summed E-state index contributed by atoms with van der Waals surface area (Å²) >= 11 is 0. The average molecular weight is 269 g/mol. The van der Waals surface area contributed by atoms with E-state index in [0.29, 0.717) is 5.88 Å². The number of carbonyl (C=O) groups is 1. The minimum absolute atomic E-state index is 0.0335. The molecule has 3 heterocycles. The number of nitrogens with zero attached hydrogens (tertiary/aromatic N) is 2. The first-order valence-electron chi connectivity index (χ1n) is 6.35. The maximum Gasteiger partial charge on any atom is 0.253 e. The summed E-state index contributed by atoms with van der Waals surface area (Å²) in [5.41, 5.74) is 2.87. The number of allylic oxidation sites excluding steroid dienone is 2. The zero-order valence-corrected chi connectivity index (χ0v) is 11.3. The molecule has 2 aliphatic rings. The van der Waals surface area contributed by atoms with E-state index < -0.39 is 0 Å². The lowest BCUT2D eigenvalue weighted by atomic mass is 10.0. The molecule has 20 heavy (non-hydrogen) atoms. The lowest BCUT2D eigenvalue weighted by Crippen LogP contribution is -2.46. The molecule has 3 rings (SSSR count). The van der Waals surface area contributed by atoms with E-state index in [0.717, 1.165) is 16.7 Å². The predicted octanol–water partition coefficient (Wildman–Crippen LogP) is 1.58. The predicted molar refractivity (Wildman–Crippen MR) is 75.6 cm³/mol. The minimum Gasteiger partial charge on any atom is -0.481 e.